The number of ether oxygens (including phenoxy) is 1. The second-order valence-electron chi connectivity index (χ2n) is 6.21. The van der Waals surface area contributed by atoms with Crippen molar-refractivity contribution >= 4 is 17.3 Å². The summed E-state index contributed by atoms with van der Waals surface area (Å²) in [5, 5.41) is 7.08. The van der Waals surface area contributed by atoms with E-state index in [1.165, 1.54) is 17.4 Å². The molecule has 0 N–H and O–H groups in total. The monoisotopic (exact) mass is 384 g/mol. The molecule has 0 amide bonds. The number of carbonyl (C=O) groups is 1. The van der Waals surface area contributed by atoms with Gasteiger partial charge in [-0.15, -0.1) is 11.3 Å². The van der Waals surface area contributed by atoms with E-state index in [0.717, 1.165) is 21.8 Å². The summed E-state index contributed by atoms with van der Waals surface area (Å²) in [5.74, 6) is -0.531. The third-order valence-electron chi connectivity index (χ3n) is 3.65. The Balaban J connectivity index is 1.62. The van der Waals surface area contributed by atoms with Gasteiger partial charge >= 0.3 is 5.97 Å². The predicted molar refractivity (Wildman–Crippen MR) is 103 cm³/mol. The fourth-order valence-corrected chi connectivity index (χ4v) is 3.30. The van der Waals surface area contributed by atoms with Crippen molar-refractivity contribution < 1.29 is 9.53 Å². The molecule has 1 aromatic carbocycles. The van der Waals surface area contributed by atoms with Gasteiger partial charge in [0.1, 0.15) is 18.2 Å². The van der Waals surface area contributed by atoms with E-state index >= 15 is 0 Å². The Morgan fingerprint density at radius 3 is 2.70 bits per heavy atom. The molecule has 3 rings (SSSR count). The number of thiazole rings is 1. The highest BCUT2D eigenvalue weighted by Crippen LogP contribution is 2.14. The molecule has 0 aliphatic carbocycles. The summed E-state index contributed by atoms with van der Waals surface area (Å²) < 4.78 is 6.36. The smallest absolute Gasteiger partial charge is 0.328 e. The zero-order chi connectivity index (χ0) is 19.2. The van der Waals surface area contributed by atoms with Crippen molar-refractivity contribution in [3.63, 3.8) is 0 Å². The molecule has 0 aliphatic rings. The maximum Gasteiger partial charge on any atom is 0.328 e. The number of esters is 1. The Hall–Kier alpha value is -2.84. The SMILES string of the molecule is CN(C)Cc1nc(COC(=O)Cn2nc(-c3ccccc3)ccc2=O)cs1. The second kappa shape index (κ2) is 8.70. The van der Waals surface area contributed by atoms with Gasteiger partial charge in [-0.05, 0) is 20.2 Å². The number of benzene rings is 1. The van der Waals surface area contributed by atoms with E-state index in [9.17, 15) is 9.59 Å². The summed E-state index contributed by atoms with van der Waals surface area (Å²) in [5.41, 5.74) is 1.84. The number of nitrogens with zero attached hydrogens (tertiary/aromatic N) is 4. The van der Waals surface area contributed by atoms with Gasteiger partial charge in [-0.25, -0.2) is 9.67 Å². The van der Waals surface area contributed by atoms with Crippen LogP contribution in [0.15, 0.2) is 52.6 Å². The summed E-state index contributed by atoms with van der Waals surface area (Å²) in [6, 6.07) is 12.5. The molecule has 8 heteroatoms. The Morgan fingerprint density at radius 1 is 1.19 bits per heavy atom. The maximum atomic E-state index is 12.1. The summed E-state index contributed by atoms with van der Waals surface area (Å²) in [6.07, 6.45) is 0. The lowest BCUT2D eigenvalue weighted by atomic mass is 10.1. The van der Waals surface area contributed by atoms with Crippen molar-refractivity contribution in [2.24, 2.45) is 0 Å². The van der Waals surface area contributed by atoms with Crippen molar-refractivity contribution in [1.29, 1.82) is 0 Å². The molecular weight excluding hydrogens is 364 g/mol. The second-order valence-corrected chi connectivity index (χ2v) is 7.15. The lowest BCUT2D eigenvalue weighted by Gasteiger charge is -2.07. The molecule has 0 saturated carbocycles. The number of aromatic nitrogens is 3. The molecule has 0 saturated heterocycles. The third kappa shape index (κ3) is 5.32. The van der Waals surface area contributed by atoms with Crippen molar-refractivity contribution in [1.82, 2.24) is 19.7 Å². The Labute approximate surface area is 160 Å². The van der Waals surface area contributed by atoms with E-state index in [1.807, 2.05) is 54.7 Å². The minimum atomic E-state index is -0.531. The average Bonchev–Trinajstić information content (AvgIpc) is 3.09. The summed E-state index contributed by atoms with van der Waals surface area (Å²) in [7, 11) is 3.94. The topological polar surface area (TPSA) is 77.3 Å². The van der Waals surface area contributed by atoms with Crippen LogP contribution in [0, 0.1) is 0 Å². The summed E-state index contributed by atoms with van der Waals surface area (Å²) >= 11 is 1.52. The molecule has 7 nitrogen and oxygen atoms in total. The normalized spacial score (nSPS) is 10.9. The standard InChI is InChI=1S/C19H20N4O3S/c1-22(2)10-17-20-15(13-27-17)12-26-19(25)11-23-18(24)9-8-16(21-23)14-6-4-3-5-7-14/h3-9,13H,10-12H2,1-2H3. The Morgan fingerprint density at radius 2 is 1.96 bits per heavy atom. The van der Waals surface area contributed by atoms with Crippen LogP contribution in [0.4, 0.5) is 0 Å². The molecule has 0 fully saturated rings. The zero-order valence-electron chi connectivity index (χ0n) is 15.2. The van der Waals surface area contributed by atoms with E-state index in [4.69, 9.17) is 4.74 Å². The van der Waals surface area contributed by atoms with Crippen molar-refractivity contribution in [3.05, 3.63) is 68.9 Å². The van der Waals surface area contributed by atoms with Gasteiger partial charge in [-0.3, -0.25) is 9.59 Å². The molecule has 3 aromatic rings. The highest BCUT2D eigenvalue weighted by atomic mass is 32.1. The Kier molecular flexibility index (Phi) is 6.10. The largest absolute Gasteiger partial charge is 0.458 e. The number of hydrogen-bond donors (Lipinski definition) is 0. The summed E-state index contributed by atoms with van der Waals surface area (Å²) in [4.78, 5) is 30.5. The van der Waals surface area contributed by atoms with Crippen LogP contribution in [0.5, 0.6) is 0 Å². The highest BCUT2D eigenvalue weighted by Gasteiger charge is 2.11. The Bertz CT molecular complexity index is 966. The molecule has 140 valence electrons. The first-order valence-corrected chi connectivity index (χ1v) is 9.26. The first-order chi connectivity index (χ1) is 13.0. The van der Waals surface area contributed by atoms with Crippen LogP contribution in [-0.2, 0) is 29.2 Å². The molecule has 2 heterocycles. The van der Waals surface area contributed by atoms with Crippen LogP contribution in [0.3, 0.4) is 0 Å². The fourth-order valence-electron chi connectivity index (χ4n) is 2.41. The minimum absolute atomic E-state index is 0.0793. The highest BCUT2D eigenvalue weighted by molar-refractivity contribution is 7.09. The van der Waals surface area contributed by atoms with Crippen molar-refractivity contribution in [3.8, 4) is 11.3 Å². The first-order valence-electron chi connectivity index (χ1n) is 8.38. The van der Waals surface area contributed by atoms with E-state index in [0.29, 0.717) is 11.4 Å². The summed E-state index contributed by atoms with van der Waals surface area (Å²) in [6.45, 7) is 0.578. The lowest BCUT2D eigenvalue weighted by molar-refractivity contribution is -0.146. The van der Waals surface area contributed by atoms with E-state index in [2.05, 4.69) is 10.1 Å². The molecule has 2 aromatic heterocycles. The molecule has 0 bridgehead atoms. The van der Waals surface area contributed by atoms with Crippen LogP contribution in [0.25, 0.3) is 11.3 Å². The van der Waals surface area contributed by atoms with Gasteiger partial charge in [-0.1, -0.05) is 30.3 Å². The first kappa shape index (κ1) is 18.9. The van der Waals surface area contributed by atoms with Crippen LogP contribution < -0.4 is 5.56 Å². The molecular formula is C19H20N4O3S. The molecule has 0 radical (unpaired) electrons. The van der Waals surface area contributed by atoms with Crippen molar-refractivity contribution in [2.75, 3.05) is 14.1 Å². The number of hydrogen-bond acceptors (Lipinski definition) is 7. The van der Waals surface area contributed by atoms with Gasteiger partial charge in [0.25, 0.3) is 5.56 Å². The van der Waals surface area contributed by atoms with Crippen LogP contribution >= 0.6 is 11.3 Å². The van der Waals surface area contributed by atoms with Gasteiger partial charge in [0.05, 0.1) is 11.4 Å². The lowest BCUT2D eigenvalue weighted by Crippen LogP contribution is -2.27. The quantitative estimate of drug-likeness (QED) is 0.581. The maximum absolute atomic E-state index is 12.1. The van der Waals surface area contributed by atoms with Gasteiger partial charge in [-0.2, -0.15) is 5.10 Å². The van der Waals surface area contributed by atoms with E-state index < -0.39 is 5.97 Å². The zero-order valence-corrected chi connectivity index (χ0v) is 16.0. The molecule has 0 spiro atoms. The van der Waals surface area contributed by atoms with Gasteiger partial charge in [0.15, 0.2) is 0 Å². The van der Waals surface area contributed by atoms with Crippen molar-refractivity contribution in [2.45, 2.75) is 19.7 Å². The van der Waals surface area contributed by atoms with Crippen LogP contribution in [0.2, 0.25) is 0 Å². The molecule has 27 heavy (non-hydrogen) atoms. The molecule has 0 unspecified atom stereocenters. The molecule has 0 atom stereocenters. The fraction of sp³-hybridized carbons (Fsp3) is 0.263. The predicted octanol–water partition coefficient (Wildman–Crippen LogP) is 2.17. The van der Waals surface area contributed by atoms with E-state index in [-0.39, 0.29) is 18.7 Å². The van der Waals surface area contributed by atoms with Gasteiger partial charge < -0.3 is 9.64 Å². The third-order valence-corrected chi connectivity index (χ3v) is 4.53. The van der Waals surface area contributed by atoms with Crippen LogP contribution in [-0.4, -0.2) is 39.7 Å². The van der Waals surface area contributed by atoms with Crippen LogP contribution in [0.1, 0.15) is 10.7 Å². The van der Waals surface area contributed by atoms with Gasteiger partial charge in [0, 0.05) is 23.6 Å². The number of carbonyl (C=O) groups excluding carboxylic acids is 1. The average molecular weight is 384 g/mol. The molecule has 0 aliphatic heterocycles. The van der Waals surface area contributed by atoms with Gasteiger partial charge in [0.2, 0.25) is 0 Å². The van der Waals surface area contributed by atoms with E-state index in [1.54, 1.807) is 6.07 Å². The number of rotatable bonds is 7. The minimum Gasteiger partial charge on any atom is -0.458 e.